The highest BCUT2D eigenvalue weighted by Crippen LogP contribution is 2.45. The first-order chi connectivity index (χ1) is 38.4. The second-order valence-corrected chi connectivity index (χ2v) is 25.9. The van der Waals surface area contributed by atoms with Crippen molar-refractivity contribution in [1.29, 1.82) is 0 Å². The third kappa shape index (κ3) is 55.3. The number of unbranched alkanes of at least 4 members (excludes halogenated alkanes) is 30. The minimum Gasteiger partial charge on any atom is -0.462 e. The first-order valence-corrected chi connectivity index (χ1v) is 35.0. The quantitative estimate of drug-likeness (QED) is 0.0222. The van der Waals surface area contributed by atoms with E-state index in [2.05, 4.69) is 41.5 Å². The molecule has 0 rings (SSSR count). The fourth-order valence-corrected chi connectivity index (χ4v) is 10.6. The van der Waals surface area contributed by atoms with Gasteiger partial charge in [0, 0.05) is 25.7 Å². The highest BCUT2D eigenvalue weighted by molar-refractivity contribution is 7.47. The van der Waals surface area contributed by atoms with Crippen LogP contribution in [0, 0.1) is 11.8 Å². The minimum atomic E-state index is -4.94. The number of aliphatic hydroxyl groups excluding tert-OH is 1. The van der Waals surface area contributed by atoms with E-state index in [0.717, 1.165) is 103 Å². The van der Waals surface area contributed by atoms with Crippen LogP contribution >= 0.6 is 15.6 Å². The Morgan fingerprint density at radius 1 is 0.338 bits per heavy atom. The molecule has 0 aromatic rings. The van der Waals surface area contributed by atoms with Crippen molar-refractivity contribution in [3.05, 3.63) is 0 Å². The average Bonchev–Trinajstić information content (AvgIpc) is 3.41. The van der Waals surface area contributed by atoms with Crippen LogP contribution in [0.2, 0.25) is 0 Å². The molecule has 19 heteroatoms. The molecule has 2 unspecified atom stereocenters. The van der Waals surface area contributed by atoms with E-state index in [-0.39, 0.29) is 25.7 Å². The Morgan fingerprint density at radius 2 is 0.575 bits per heavy atom. The van der Waals surface area contributed by atoms with E-state index >= 15 is 0 Å². The molecule has 0 fully saturated rings. The molecule has 0 saturated heterocycles. The van der Waals surface area contributed by atoms with Gasteiger partial charge in [-0.3, -0.25) is 37.3 Å². The fourth-order valence-electron chi connectivity index (χ4n) is 9.00. The topological polar surface area (TPSA) is 237 Å². The predicted octanol–water partition coefficient (Wildman–Crippen LogP) is 16.5. The molecule has 0 aliphatic rings. The van der Waals surface area contributed by atoms with E-state index < -0.39 is 97.5 Å². The van der Waals surface area contributed by atoms with E-state index in [9.17, 15) is 43.2 Å². The fraction of sp³-hybridized carbons (Fsp3) is 0.934. The molecule has 80 heavy (non-hydrogen) atoms. The second kappa shape index (κ2) is 53.8. The van der Waals surface area contributed by atoms with Gasteiger partial charge in [0.25, 0.3) is 0 Å². The van der Waals surface area contributed by atoms with Gasteiger partial charge in [-0.15, -0.1) is 0 Å². The lowest BCUT2D eigenvalue weighted by molar-refractivity contribution is -0.161. The number of phosphoric ester groups is 2. The smallest absolute Gasteiger partial charge is 0.462 e. The molecule has 0 aliphatic heterocycles. The van der Waals surface area contributed by atoms with E-state index in [4.69, 9.17) is 37.0 Å². The van der Waals surface area contributed by atoms with Crippen molar-refractivity contribution in [1.82, 2.24) is 0 Å². The van der Waals surface area contributed by atoms with Gasteiger partial charge in [-0.1, -0.05) is 247 Å². The number of ether oxygens (including phenoxy) is 4. The number of hydrogen-bond acceptors (Lipinski definition) is 15. The van der Waals surface area contributed by atoms with Crippen LogP contribution in [0.3, 0.4) is 0 Å². The van der Waals surface area contributed by atoms with Crippen LogP contribution in [-0.4, -0.2) is 96.7 Å². The molecule has 0 aromatic carbocycles. The van der Waals surface area contributed by atoms with Gasteiger partial charge in [0.05, 0.1) is 26.4 Å². The van der Waals surface area contributed by atoms with Crippen LogP contribution in [0.1, 0.15) is 298 Å². The molecular formula is C61H118O17P2. The number of carbonyl (C=O) groups is 4. The lowest BCUT2D eigenvalue weighted by Gasteiger charge is -2.21. The standard InChI is InChI=1S/C61H118O17P2/c1-7-9-11-13-15-17-19-21-25-34-40-46-61(66)77-56(49-71-58(63)43-37-31-26-22-23-29-35-41-53(3)4)51-75-79(67,68)73-47-55(62)48-74-80(69,70)76-52-57(50-72-59(64)44-38-32-28-27-30-36-42-54(5)6)78-60(65)45-39-33-24-20-18-16-14-12-10-8-2/h53-57,62H,7-52H2,1-6H3,(H,67,68)(H,69,70)/t55-,56-,57-/m1/s1. The summed E-state index contributed by atoms with van der Waals surface area (Å²) in [6.07, 6.45) is 35.0. The molecular weight excluding hydrogens is 1070 g/mol. The number of rotatable bonds is 60. The van der Waals surface area contributed by atoms with Crippen molar-refractivity contribution in [2.75, 3.05) is 39.6 Å². The predicted molar refractivity (Wildman–Crippen MR) is 317 cm³/mol. The zero-order chi connectivity index (χ0) is 59.4. The Balaban J connectivity index is 5.24. The minimum absolute atomic E-state index is 0.105. The molecule has 0 aliphatic carbocycles. The Bertz CT molecular complexity index is 1580. The summed E-state index contributed by atoms with van der Waals surface area (Å²) in [5, 5.41) is 10.5. The zero-order valence-corrected chi connectivity index (χ0v) is 53.2. The van der Waals surface area contributed by atoms with Crippen molar-refractivity contribution >= 4 is 39.5 Å². The first-order valence-electron chi connectivity index (χ1n) is 32.0. The highest BCUT2D eigenvalue weighted by atomic mass is 31.2. The van der Waals surface area contributed by atoms with Gasteiger partial charge < -0.3 is 33.8 Å². The van der Waals surface area contributed by atoms with Crippen molar-refractivity contribution < 1.29 is 80.2 Å². The molecule has 17 nitrogen and oxygen atoms in total. The highest BCUT2D eigenvalue weighted by Gasteiger charge is 2.30. The number of phosphoric acid groups is 2. The second-order valence-electron chi connectivity index (χ2n) is 23.0. The van der Waals surface area contributed by atoms with Gasteiger partial charge in [-0.2, -0.15) is 0 Å². The first kappa shape index (κ1) is 78.1. The van der Waals surface area contributed by atoms with E-state index in [0.29, 0.717) is 37.5 Å². The van der Waals surface area contributed by atoms with Gasteiger partial charge in [0.15, 0.2) is 12.2 Å². The zero-order valence-electron chi connectivity index (χ0n) is 51.4. The van der Waals surface area contributed by atoms with Crippen LogP contribution in [0.15, 0.2) is 0 Å². The molecule has 0 spiro atoms. The van der Waals surface area contributed by atoms with Crippen LogP contribution in [0.4, 0.5) is 0 Å². The largest absolute Gasteiger partial charge is 0.472 e. The maximum absolute atomic E-state index is 12.9. The van der Waals surface area contributed by atoms with Gasteiger partial charge in [-0.05, 0) is 37.5 Å². The van der Waals surface area contributed by atoms with Crippen LogP contribution in [-0.2, 0) is 65.4 Å². The summed E-state index contributed by atoms with van der Waals surface area (Å²) in [4.78, 5) is 72.0. The summed E-state index contributed by atoms with van der Waals surface area (Å²) < 4.78 is 67.8. The molecule has 0 bridgehead atoms. The molecule has 0 heterocycles. The lowest BCUT2D eigenvalue weighted by atomic mass is 10.0. The summed E-state index contributed by atoms with van der Waals surface area (Å²) in [6, 6.07) is 0. The summed E-state index contributed by atoms with van der Waals surface area (Å²) in [5.74, 6) is -0.755. The third-order valence-corrected chi connectivity index (χ3v) is 15.9. The van der Waals surface area contributed by atoms with Crippen molar-refractivity contribution in [2.45, 2.75) is 317 Å². The summed E-state index contributed by atoms with van der Waals surface area (Å²) in [5.41, 5.74) is 0. The van der Waals surface area contributed by atoms with Crippen LogP contribution in [0.5, 0.6) is 0 Å². The monoisotopic (exact) mass is 1180 g/mol. The van der Waals surface area contributed by atoms with Crippen LogP contribution < -0.4 is 0 Å². The van der Waals surface area contributed by atoms with Gasteiger partial charge in [0.2, 0.25) is 0 Å². The third-order valence-electron chi connectivity index (χ3n) is 14.0. The Kier molecular flexibility index (Phi) is 52.5. The summed E-state index contributed by atoms with van der Waals surface area (Å²) >= 11 is 0. The summed E-state index contributed by atoms with van der Waals surface area (Å²) in [7, 11) is -9.88. The van der Waals surface area contributed by atoms with Gasteiger partial charge in [-0.25, -0.2) is 9.13 Å². The molecule has 474 valence electrons. The van der Waals surface area contributed by atoms with Crippen molar-refractivity contribution in [3.63, 3.8) is 0 Å². The average molecular weight is 1190 g/mol. The Labute approximate surface area is 486 Å². The van der Waals surface area contributed by atoms with E-state index in [1.807, 2.05) is 0 Å². The molecule has 0 saturated carbocycles. The number of carbonyl (C=O) groups excluding carboxylic acids is 4. The van der Waals surface area contributed by atoms with Crippen LogP contribution in [0.25, 0.3) is 0 Å². The number of hydrogen-bond donors (Lipinski definition) is 3. The maximum atomic E-state index is 12.9. The molecule has 0 radical (unpaired) electrons. The molecule has 5 atom stereocenters. The van der Waals surface area contributed by atoms with Crippen molar-refractivity contribution in [2.24, 2.45) is 11.8 Å². The van der Waals surface area contributed by atoms with Crippen molar-refractivity contribution in [3.8, 4) is 0 Å². The maximum Gasteiger partial charge on any atom is 0.472 e. The summed E-state index contributed by atoms with van der Waals surface area (Å²) in [6.45, 7) is 9.32. The number of esters is 4. The van der Waals surface area contributed by atoms with Gasteiger partial charge in [0.1, 0.15) is 19.3 Å². The Hall–Kier alpha value is -1.94. The molecule has 0 aromatic heterocycles. The Morgan fingerprint density at radius 3 is 0.850 bits per heavy atom. The van der Waals surface area contributed by atoms with E-state index in [1.54, 1.807) is 0 Å². The SMILES string of the molecule is CCCCCCCCCCCCCC(=O)O[C@H](COC(=O)CCCCCCCCCC(C)C)COP(=O)(O)OC[C@@H](O)COP(=O)(O)OC[C@@H](COC(=O)CCCCCCCCC(C)C)OC(=O)CCCCCCCCCCCC. The molecule has 0 amide bonds. The number of aliphatic hydroxyl groups is 1. The normalized spacial score (nSPS) is 14.4. The lowest BCUT2D eigenvalue weighted by Crippen LogP contribution is -2.30. The van der Waals surface area contributed by atoms with E-state index in [1.165, 1.54) is 103 Å². The molecule has 3 N–H and O–H groups in total. The van der Waals surface area contributed by atoms with Gasteiger partial charge >= 0.3 is 39.5 Å².